The third-order valence-electron chi connectivity index (χ3n) is 5.61. The molecule has 0 N–H and O–H groups in total. The van der Waals surface area contributed by atoms with Crippen molar-refractivity contribution in [3.05, 3.63) is 65.9 Å². The summed E-state index contributed by atoms with van der Waals surface area (Å²) >= 11 is 1.53. The maximum Gasteiger partial charge on any atom is 0.273 e. The first-order valence-corrected chi connectivity index (χ1v) is 10.6. The number of carbonyl (C=O) groups excluding carboxylic acids is 1. The van der Waals surface area contributed by atoms with Gasteiger partial charge in [-0.15, -0.1) is 11.3 Å². The zero-order valence-electron chi connectivity index (χ0n) is 15.4. The van der Waals surface area contributed by atoms with Crippen LogP contribution in [0.5, 0.6) is 5.75 Å². The van der Waals surface area contributed by atoms with Crippen molar-refractivity contribution in [2.75, 3.05) is 0 Å². The van der Waals surface area contributed by atoms with Crippen LogP contribution in [0.25, 0.3) is 10.6 Å². The van der Waals surface area contributed by atoms with Gasteiger partial charge in [0, 0.05) is 42.1 Å². The summed E-state index contributed by atoms with van der Waals surface area (Å²) in [5.74, 6) is 0.865. The number of fused-ring (bicyclic) bond motifs is 2. The molecule has 0 aliphatic carbocycles. The van der Waals surface area contributed by atoms with Crippen LogP contribution in [0.1, 0.15) is 36.2 Å². The lowest BCUT2D eigenvalue weighted by atomic mass is 9.99. The summed E-state index contributed by atoms with van der Waals surface area (Å²) in [5, 5.41) is 2.79. The number of nitrogens with zero attached hydrogens (tertiary/aromatic N) is 3. The number of hydrogen-bond donors (Lipinski definition) is 0. The molecule has 3 aromatic rings. The number of carbonyl (C=O) groups is 1. The number of piperidine rings is 1. The molecule has 2 atom stereocenters. The zero-order chi connectivity index (χ0) is 18.9. The minimum Gasteiger partial charge on any atom is -0.489 e. The summed E-state index contributed by atoms with van der Waals surface area (Å²) in [7, 11) is 0. The van der Waals surface area contributed by atoms with E-state index in [1.54, 1.807) is 12.4 Å². The van der Waals surface area contributed by atoms with Crippen molar-refractivity contribution in [1.82, 2.24) is 14.9 Å². The lowest BCUT2D eigenvalue weighted by Gasteiger charge is -2.38. The number of ether oxygens (including phenoxy) is 1. The van der Waals surface area contributed by atoms with Gasteiger partial charge in [-0.2, -0.15) is 0 Å². The summed E-state index contributed by atoms with van der Waals surface area (Å²) in [6, 6.07) is 14.3. The molecule has 2 aliphatic heterocycles. The lowest BCUT2D eigenvalue weighted by molar-refractivity contribution is 0.0354. The summed E-state index contributed by atoms with van der Waals surface area (Å²) in [6.45, 7) is 0. The Morgan fingerprint density at radius 1 is 1.07 bits per heavy atom. The minimum absolute atomic E-state index is 0.0609. The van der Waals surface area contributed by atoms with Gasteiger partial charge in [-0.1, -0.05) is 30.3 Å². The van der Waals surface area contributed by atoms with Crippen LogP contribution in [-0.2, 0) is 0 Å². The molecule has 2 bridgehead atoms. The highest BCUT2D eigenvalue weighted by atomic mass is 32.1. The molecule has 0 radical (unpaired) electrons. The van der Waals surface area contributed by atoms with E-state index in [2.05, 4.69) is 14.9 Å². The Morgan fingerprint density at radius 3 is 2.57 bits per heavy atom. The Kier molecular flexibility index (Phi) is 4.56. The molecule has 4 heterocycles. The summed E-state index contributed by atoms with van der Waals surface area (Å²) in [4.78, 5) is 24.0. The van der Waals surface area contributed by atoms with Gasteiger partial charge in [-0.05, 0) is 25.0 Å². The van der Waals surface area contributed by atoms with Crippen molar-refractivity contribution >= 4 is 17.2 Å². The summed E-state index contributed by atoms with van der Waals surface area (Å²) in [6.07, 6.45) is 7.45. The van der Waals surface area contributed by atoms with Crippen molar-refractivity contribution in [2.24, 2.45) is 0 Å². The van der Waals surface area contributed by atoms with E-state index in [4.69, 9.17) is 4.74 Å². The molecule has 28 heavy (non-hydrogen) atoms. The fraction of sp³-hybridized carbons (Fsp3) is 0.318. The first kappa shape index (κ1) is 17.4. The summed E-state index contributed by atoms with van der Waals surface area (Å²) in [5.41, 5.74) is 1.62. The normalized spacial score (nSPS) is 23.6. The van der Waals surface area contributed by atoms with E-state index in [1.165, 1.54) is 11.3 Å². The number of aromatic nitrogens is 2. The fourth-order valence-corrected chi connectivity index (χ4v) is 5.18. The van der Waals surface area contributed by atoms with Crippen LogP contribution in [0.3, 0.4) is 0 Å². The molecule has 1 aromatic carbocycles. The predicted octanol–water partition coefficient (Wildman–Crippen LogP) is 4.42. The van der Waals surface area contributed by atoms with Crippen molar-refractivity contribution in [2.45, 2.75) is 43.9 Å². The van der Waals surface area contributed by atoms with Gasteiger partial charge in [0.15, 0.2) is 0 Å². The van der Waals surface area contributed by atoms with E-state index < -0.39 is 0 Å². The minimum atomic E-state index is 0.0609. The van der Waals surface area contributed by atoms with Gasteiger partial charge < -0.3 is 9.64 Å². The topological polar surface area (TPSA) is 55.3 Å². The maximum atomic E-state index is 13.2. The van der Waals surface area contributed by atoms with Gasteiger partial charge in [0.2, 0.25) is 0 Å². The Bertz CT molecular complexity index is 946. The molecule has 2 saturated heterocycles. The molecule has 0 spiro atoms. The van der Waals surface area contributed by atoms with Crippen LogP contribution < -0.4 is 4.74 Å². The number of hydrogen-bond acceptors (Lipinski definition) is 5. The average molecular weight is 391 g/mol. The molecule has 142 valence electrons. The fourth-order valence-electron chi connectivity index (χ4n) is 4.38. The number of thiazole rings is 1. The molecule has 2 unspecified atom stereocenters. The largest absolute Gasteiger partial charge is 0.489 e. The van der Waals surface area contributed by atoms with E-state index in [1.807, 2.05) is 47.8 Å². The van der Waals surface area contributed by atoms with Gasteiger partial charge in [0.1, 0.15) is 22.6 Å². The molecule has 2 aliphatic rings. The lowest BCUT2D eigenvalue weighted by Crippen LogP contribution is -2.49. The van der Waals surface area contributed by atoms with E-state index in [-0.39, 0.29) is 24.1 Å². The van der Waals surface area contributed by atoms with E-state index in [0.29, 0.717) is 5.69 Å². The van der Waals surface area contributed by atoms with Crippen LogP contribution in [0, 0.1) is 0 Å². The van der Waals surface area contributed by atoms with Crippen molar-refractivity contribution < 1.29 is 9.53 Å². The van der Waals surface area contributed by atoms with Crippen LogP contribution >= 0.6 is 11.3 Å². The maximum absolute atomic E-state index is 13.2. The average Bonchev–Trinajstić information content (AvgIpc) is 3.32. The SMILES string of the molecule is O=C(c1csc(-c2ccccc2)n1)N1C2CCC1CC(Oc1cccnc1)C2. The molecule has 6 heteroatoms. The number of pyridine rings is 1. The monoisotopic (exact) mass is 391 g/mol. The first-order valence-electron chi connectivity index (χ1n) is 9.68. The third kappa shape index (κ3) is 3.29. The van der Waals surface area contributed by atoms with E-state index in [0.717, 1.165) is 42.0 Å². The standard InChI is InChI=1S/C22H21N3O2S/c26-22(20-14-28-21(24-20)15-5-2-1-3-6-15)25-16-8-9-17(25)12-19(11-16)27-18-7-4-10-23-13-18/h1-7,10,13-14,16-17,19H,8-9,11-12H2. The highest BCUT2D eigenvalue weighted by Crippen LogP contribution is 2.38. The van der Waals surface area contributed by atoms with E-state index in [9.17, 15) is 4.79 Å². The van der Waals surface area contributed by atoms with Gasteiger partial charge in [0.05, 0.1) is 6.20 Å². The highest BCUT2D eigenvalue weighted by molar-refractivity contribution is 7.13. The second-order valence-electron chi connectivity index (χ2n) is 7.40. The van der Waals surface area contributed by atoms with Gasteiger partial charge in [-0.3, -0.25) is 9.78 Å². The molecule has 5 nitrogen and oxygen atoms in total. The molecule has 0 saturated carbocycles. The quantitative estimate of drug-likeness (QED) is 0.661. The van der Waals surface area contributed by atoms with Crippen LogP contribution in [0.4, 0.5) is 0 Å². The van der Waals surface area contributed by atoms with Crippen LogP contribution in [0.15, 0.2) is 60.2 Å². The molecule has 5 rings (SSSR count). The Morgan fingerprint density at radius 2 is 1.86 bits per heavy atom. The van der Waals surface area contributed by atoms with Gasteiger partial charge >= 0.3 is 0 Å². The zero-order valence-corrected chi connectivity index (χ0v) is 16.2. The Hall–Kier alpha value is -2.73. The van der Waals surface area contributed by atoms with Crippen LogP contribution in [0.2, 0.25) is 0 Å². The number of amides is 1. The first-order chi connectivity index (χ1) is 13.8. The van der Waals surface area contributed by atoms with Crippen LogP contribution in [-0.4, -0.2) is 39.0 Å². The molecule has 2 aromatic heterocycles. The highest BCUT2D eigenvalue weighted by Gasteiger charge is 2.44. The van der Waals surface area contributed by atoms with Crippen molar-refractivity contribution in [3.8, 4) is 16.3 Å². The number of benzene rings is 1. The van der Waals surface area contributed by atoms with Gasteiger partial charge in [0.25, 0.3) is 5.91 Å². The van der Waals surface area contributed by atoms with E-state index >= 15 is 0 Å². The second kappa shape index (κ2) is 7.36. The van der Waals surface area contributed by atoms with Crippen molar-refractivity contribution in [3.63, 3.8) is 0 Å². The smallest absolute Gasteiger partial charge is 0.273 e. The molecule has 2 fully saturated rings. The third-order valence-corrected chi connectivity index (χ3v) is 6.50. The van der Waals surface area contributed by atoms with Gasteiger partial charge in [-0.25, -0.2) is 4.98 Å². The molecular weight excluding hydrogens is 370 g/mol. The predicted molar refractivity (Wildman–Crippen MR) is 108 cm³/mol. The van der Waals surface area contributed by atoms with Crippen molar-refractivity contribution in [1.29, 1.82) is 0 Å². The molecular formula is C22H21N3O2S. The Labute approximate surface area is 168 Å². The second-order valence-corrected chi connectivity index (χ2v) is 8.26. The summed E-state index contributed by atoms with van der Waals surface area (Å²) < 4.78 is 6.12. The molecule has 1 amide bonds. The number of rotatable bonds is 4. The Balaban J connectivity index is 1.30.